The quantitative estimate of drug-likeness (QED) is 0.779. The third kappa shape index (κ3) is 1.82. The van der Waals surface area contributed by atoms with Gasteiger partial charge in [0.15, 0.2) is 0 Å². The molecule has 2 fully saturated rings. The van der Waals surface area contributed by atoms with E-state index in [9.17, 15) is 14.4 Å². The van der Waals surface area contributed by atoms with Crippen molar-refractivity contribution in [2.24, 2.45) is 5.41 Å². The van der Waals surface area contributed by atoms with Gasteiger partial charge in [-0.25, -0.2) is 4.79 Å². The Labute approximate surface area is 107 Å². The fraction of sp³-hybridized carbons (Fsp3) is 0.769. The normalized spacial score (nSPS) is 24.6. The molecule has 18 heavy (non-hydrogen) atoms. The third-order valence-corrected chi connectivity index (χ3v) is 4.11. The van der Waals surface area contributed by atoms with E-state index >= 15 is 0 Å². The van der Waals surface area contributed by atoms with Crippen molar-refractivity contribution in [2.75, 3.05) is 0 Å². The number of barbiturate groups is 1. The van der Waals surface area contributed by atoms with Gasteiger partial charge in [-0.1, -0.05) is 26.2 Å². The molecule has 0 bridgehead atoms. The molecule has 5 heteroatoms. The zero-order valence-electron chi connectivity index (χ0n) is 11.0. The number of carbonyl (C=O) groups excluding carboxylic acids is 3. The van der Waals surface area contributed by atoms with Crippen molar-refractivity contribution in [1.29, 1.82) is 0 Å². The van der Waals surface area contributed by atoms with Crippen LogP contribution in [0.1, 0.15) is 52.4 Å². The van der Waals surface area contributed by atoms with Crippen LogP contribution in [0, 0.1) is 5.41 Å². The van der Waals surface area contributed by atoms with Crippen molar-refractivity contribution in [3.63, 3.8) is 0 Å². The topological polar surface area (TPSA) is 66.5 Å². The molecule has 1 heterocycles. The van der Waals surface area contributed by atoms with Crippen molar-refractivity contribution in [2.45, 2.75) is 58.4 Å². The summed E-state index contributed by atoms with van der Waals surface area (Å²) < 4.78 is 0. The van der Waals surface area contributed by atoms with Gasteiger partial charge in [-0.05, 0) is 26.2 Å². The molecule has 1 N–H and O–H groups in total. The first-order valence-corrected chi connectivity index (χ1v) is 6.72. The molecule has 2 aliphatic rings. The number of urea groups is 1. The van der Waals surface area contributed by atoms with E-state index in [4.69, 9.17) is 0 Å². The Balaban J connectivity index is 2.28. The lowest BCUT2D eigenvalue weighted by Crippen LogP contribution is -2.65. The lowest BCUT2D eigenvalue weighted by Gasteiger charge is -2.39. The lowest BCUT2D eigenvalue weighted by molar-refractivity contribution is -0.152. The average Bonchev–Trinajstić information content (AvgIpc) is 2.77. The van der Waals surface area contributed by atoms with E-state index in [0.29, 0.717) is 12.8 Å². The summed E-state index contributed by atoms with van der Waals surface area (Å²) in [6.07, 6.45) is 4.57. The van der Waals surface area contributed by atoms with Gasteiger partial charge < -0.3 is 0 Å². The van der Waals surface area contributed by atoms with Crippen molar-refractivity contribution in [3.05, 3.63) is 0 Å². The minimum absolute atomic E-state index is 0.145. The molecule has 1 spiro atoms. The predicted octanol–water partition coefficient (Wildman–Crippen LogP) is 1.81. The summed E-state index contributed by atoms with van der Waals surface area (Å²) in [6.45, 7) is 3.87. The molecule has 1 saturated heterocycles. The molecular formula is C13H20N2O3. The first kappa shape index (κ1) is 13.1. The summed E-state index contributed by atoms with van der Waals surface area (Å²) in [5.41, 5.74) is -0.962. The van der Waals surface area contributed by atoms with E-state index in [-0.39, 0.29) is 11.9 Å². The number of hydrogen-bond donors (Lipinski definition) is 1. The second-order valence-corrected chi connectivity index (χ2v) is 5.36. The van der Waals surface area contributed by atoms with E-state index < -0.39 is 17.4 Å². The first-order valence-electron chi connectivity index (χ1n) is 6.72. The van der Waals surface area contributed by atoms with Crippen LogP contribution in [0.5, 0.6) is 0 Å². The van der Waals surface area contributed by atoms with Crippen LogP contribution in [0.3, 0.4) is 0 Å². The van der Waals surface area contributed by atoms with E-state index in [1.807, 2.05) is 13.8 Å². The number of nitrogens with one attached hydrogen (secondary N) is 1. The van der Waals surface area contributed by atoms with Gasteiger partial charge in [-0.3, -0.25) is 19.8 Å². The van der Waals surface area contributed by atoms with Crippen LogP contribution in [-0.4, -0.2) is 28.8 Å². The van der Waals surface area contributed by atoms with Crippen LogP contribution in [0.4, 0.5) is 4.79 Å². The van der Waals surface area contributed by atoms with Crippen molar-refractivity contribution >= 4 is 17.8 Å². The van der Waals surface area contributed by atoms with Gasteiger partial charge in [0, 0.05) is 6.04 Å². The first-order chi connectivity index (χ1) is 8.53. The Morgan fingerprint density at radius 2 is 1.89 bits per heavy atom. The van der Waals surface area contributed by atoms with Gasteiger partial charge in [0.1, 0.15) is 5.41 Å². The van der Waals surface area contributed by atoms with Crippen LogP contribution in [-0.2, 0) is 9.59 Å². The molecule has 0 aromatic heterocycles. The average molecular weight is 252 g/mol. The molecule has 1 aliphatic heterocycles. The molecular weight excluding hydrogens is 232 g/mol. The molecule has 0 aromatic rings. The summed E-state index contributed by atoms with van der Waals surface area (Å²) in [5.74, 6) is -0.676. The van der Waals surface area contributed by atoms with Crippen molar-refractivity contribution < 1.29 is 14.4 Å². The van der Waals surface area contributed by atoms with Crippen LogP contribution in [0.25, 0.3) is 0 Å². The van der Waals surface area contributed by atoms with Gasteiger partial charge >= 0.3 is 6.03 Å². The summed E-state index contributed by atoms with van der Waals surface area (Å²) in [7, 11) is 0. The number of rotatable bonds is 3. The summed E-state index contributed by atoms with van der Waals surface area (Å²) in [6, 6.07) is -0.698. The largest absolute Gasteiger partial charge is 0.331 e. The van der Waals surface area contributed by atoms with E-state index in [0.717, 1.165) is 25.7 Å². The SMILES string of the molecule is CCCC(C)N1C(=O)NC(=O)C2(CCCC2)C1=O. The number of imide groups is 2. The Morgan fingerprint density at radius 1 is 1.28 bits per heavy atom. The number of carbonyl (C=O) groups is 3. The maximum absolute atomic E-state index is 12.5. The Kier molecular flexibility index (Phi) is 3.41. The molecule has 100 valence electrons. The van der Waals surface area contributed by atoms with E-state index in [2.05, 4.69) is 5.32 Å². The van der Waals surface area contributed by atoms with Gasteiger partial charge in [0.05, 0.1) is 0 Å². The Bertz CT molecular complexity index is 386. The zero-order valence-corrected chi connectivity index (χ0v) is 11.0. The highest BCUT2D eigenvalue weighted by Gasteiger charge is 2.55. The lowest BCUT2D eigenvalue weighted by atomic mass is 9.81. The highest BCUT2D eigenvalue weighted by atomic mass is 16.2. The number of amides is 4. The van der Waals surface area contributed by atoms with E-state index in [1.165, 1.54) is 4.90 Å². The number of nitrogens with zero attached hydrogens (tertiary/aromatic N) is 1. The van der Waals surface area contributed by atoms with Crippen molar-refractivity contribution in [3.8, 4) is 0 Å². The van der Waals surface area contributed by atoms with Crippen LogP contribution >= 0.6 is 0 Å². The zero-order chi connectivity index (χ0) is 13.3. The molecule has 2 rings (SSSR count). The predicted molar refractivity (Wildman–Crippen MR) is 65.7 cm³/mol. The van der Waals surface area contributed by atoms with Gasteiger partial charge in [0.2, 0.25) is 11.8 Å². The smallest absolute Gasteiger partial charge is 0.277 e. The fourth-order valence-electron chi connectivity index (χ4n) is 3.06. The Morgan fingerprint density at radius 3 is 2.44 bits per heavy atom. The molecule has 5 nitrogen and oxygen atoms in total. The Hall–Kier alpha value is -1.39. The van der Waals surface area contributed by atoms with Crippen LogP contribution < -0.4 is 5.32 Å². The summed E-state index contributed by atoms with van der Waals surface area (Å²) in [5, 5.41) is 2.36. The maximum atomic E-state index is 12.5. The van der Waals surface area contributed by atoms with Gasteiger partial charge in [0.25, 0.3) is 0 Å². The fourth-order valence-corrected chi connectivity index (χ4v) is 3.06. The number of hydrogen-bond acceptors (Lipinski definition) is 3. The van der Waals surface area contributed by atoms with Gasteiger partial charge in [-0.2, -0.15) is 0 Å². The maximum Gasteiger partial charge on any atom is 0.331 e. The molecule has 4 amide bonds. The highest BCUT2D eigenvalue weighted by molar-refractivity contribution is 6.19. The second kappa shape index (κ2) is 4.71. The monoisotopic (exact) mass is 252 g/mol. The van der Waals surface area contributed by atoms with Crippen molar-refractivity contribution in [1.82, 2.24) is 10.2 Å². The third-order valence-electron chi connectivity index (χ3n) is 4.11. The second-order valence-electron chi connectivity index (χ2n) is 5.36. The minimum atomic E-state index is -0.962. The minimum Gasteiger partial charge on any atom is -0.277 e. The van der Waals surface area contributed by atoms with Crippen LogP contribution in [0.2, 0.25) is 0 Å². The summed E-state index contributed by atoms with van der Waals surface area (Å²) in [4.78, 5) is 37.6. The van der Waals surface area contributed by atoms with E-state index in [1.54, 1.807) is 0 Å². The summed E-state index contributed by atoms with van der Waals surface area (Å²) >= 11 is 0. The van der Waals surface area contributed by atoms with Gasteiger partial charge in [-0.15, -0.1) is 0 Å². The highest BCUT2D eigenvalue weighted by Crippen LogP contribution is 2.42. The van der Waals surface area contributed by atoms with Crippen LogP contribution in [0.15, 0.2) is 0 Å². The molecule has 0 aromatic carbocycles. The molecule has 1 unspecified atom stereocenters. The molecule has 1 aliphatic carbocycles. The molecule has 1 saturated carbocycles. The molecule has 1 atom stereocenters. The standard InChI is InChI=1S/C13H20N2O3/c1-3-6-9(2)15-11(17)13(7-4-5-8-13)10(16)14-12(15)18/h9H,3-8H2,1-2H3,(H,14,16,18). The molecule has 0 radical (unpaired) electrons.